The highest BCUT2D eigenvalue weighted by Gasteiger charge is 2.26. The van der Waals surface area contributed by atoms with Crippen LogP contribution in [0.5, 0.6) is 0 Å². The molecule has 0 aromatic heterocycles. The van der Waals surface area contributed by atoms with E-state index in [2.05, 4.69) is 6.58 Å². The molecule has 1 rings (SSSR count). The van der Waals surface area contributed by atoms with Crippen molar-refractivity contribution >= 4 is 5.97 Å². The van der Waals surface area contributed by atoms with Crippen LogP contribution in [0.3, 0.4) is 0 Å². The summed E-state index contributed by atoms with van der Waals surface area (Å²) in [6, 6.07) is 0. The van der Waals surface area contributed by atoms with Crippen LogP contribution in [0.15, 0.2) is 12.2 Å². The summed E-state index contributed by atoms with van der Waals surface area (Å²) in [5.74, 6) is -0.419. The Hall–Kier alpha value is -0.870. The van der Waals surface area contributed by atoms with E-state index in [1.54, 1.807) is 0 Å². The Morgan fingerprint density at radius 2 is 2.07 bits per heavy atom. The molecule has 4 heteroatoms. The van der Waals surface area contributed by atoms with Crippen molar-refractivity contribution in [2.45, 2.75) is 32.5 Å². The van der Waals surface area contributed by atoms with E-state index in [4.69, 9.17) is 14.2 Å². The van der Waals surface area contributed by atoms with E-state index >= 15 is 0 Å². The lowest BCUT2D eigenvalue weighted by Crippen LogP contribution is -2.35. The Labute approximate surface area is 90.2 Å². The van der Waals surface area contributed by atoms with Gasteiger partial charge in [-0.15, -0.1) is 0 Å². The van der Waals surface area contributed by atoms with Crippen LogP contribution >= 0.6 is 0 Å². The third-order valence-corrected chi connectivity index (χ3v) is 1.87. The number of carbonyl (C=O) groups excluding carboxylic acids is 1. The van der Waals surface area contributed by atoms with Gasteiger partial charge in [-0.3, -0.25) is 0 Å². The Balaban J connectivity index is 2.48. The molecule has 0 spiro atoms. The summed E-state index contributed by atoms with van der Waals surface area (Å²) in [4.78, 5) is 11.6. The highest BCUT2D eigenvalue weighted by Crippen LogP contribution is 2.15. The average Bonchev–Trinajstić information content (AvgIpc) is 2.15. The van der Waals surface area contributed by atoms with Gasteiger partial charge in [0.25, 0.3) is 0 Å². The summed E-state index contributed by atoms with van der Waals surface area (Å²) in [6.07, 6.45) is -0.367. The zero-order chi connectivity index (χ0) is 11.5. The van der Waals surface area contributed by atoms with Gasteiger partial charge in [-0.25, -0.2) is 4.79 Å². The molecule has 1 saturated heterocycles. The molecule has 1 unspecified atom stereocenters. The standard InChI is InChI=1S/C11H18O4/c1-8(9-7-13-5-6-14-9)10(12)15-11(2,3)4/h9H,1,5-7H2,2-4H3. The second kappa shape index (κ2) is 4.77. The fraction of sp³-hybridized carbons (Fsp3) is 0.727. The van der Waals surface area contributed by atoms with E-state index in [9.17, 15) is 4.79 Å². The highest BCUT2D eigenvalue weighted by molar-refractivity contribution is 5.89. The van der Waals surface area contributed by atoms with Crippen molar-refractivity contribution in [1.82, 2.24) is 0 Å². The summed E-state index contributed by atoms with van der Waals surface area (Å²) >= 11 is 0. The molecule has 15 heavy (non-hydrogen) atoms. The van der Waals surface area contributed by atoms with Crippen LogP contribution in [0.1, 0.15) is 20.8 Å². The molecule has 0 aliphatic carbocycles. The lowest BCUT2D eigenvalue weighted by atomic mass is 10.1. The van der Waals surface area contributed by atoms with Gasteiger partial charge in [0.05, 0.1) is 25.4 Å². The first-order valence-electron chi connectivity index (χ1n) is 5.01. The zero-order valence-corrected chi connectivity index (χ0v) is 9.54. The van der Waals surface area contributed by atoms with Gasteiger partial charge in [0.1, 0.15) is 11.7 Å². The predicted molar refractivity (Wildman–Crippen MR) is 55.5 cm³/mol. The summed E-state index contributed by atoms with van der Waals surface area (Å²) in [7, 11) is 0. The quantitative estimate of drug-likeness (QED) is 0.513. The molecule has 0 radical (unpaired) electrons. The molecule has 1 fully saturated rings. The van der Waals surface area contributed by atoms with E-state index < -0.39 is 11.6 Å². The van der Waals surface area contributed by atoms with Crippen LogP contribution in [0, 0.1) is 0 Å². The van der Waals surface area contributed by atoms with E-state index in [-0.39, 0.29) is 6.10 Å². The molecule has 0 N–H and O–H groups in total. The molecule has 1 heterocycles. The second-order valence-electron chi connectivity index (χ2n) is 4.46. The molecular weight excluding hydrogens is 196 g/mol. The lowest BCUT2D eigenvalue weighted by molar-refractivity contribution is -0.153. The smallest absolute Gasteiger partial charge is 0.336 e. The Bertz CT molecular complexity index is 246. The minimum absolute atomic E-state index is 0.324. The van der Waals surface area contributed by atoms with Gasteiger partial charge in [-0.1, -0.05) is 6.58 Å². The summed E-state index contributed by atoms with van der Waals surface area (Å²) in [5.41, 5.74) is -0.181. The van der Waals surface area contributed by atoms with Gasteiger partial charge in [0.2, 0.25) is 0 Å². The van der Waals surface area contributed by atoms with Crippen molar-refractivity contribution in [2.24, 2.45) is 0 Å². The van der Waals surface area contributed by atoms with Gasteiger partial charge < -0.3 is 14.2 Å². The second-order valence-corrected chi connectivity index (χ2v) is 4.46. The number of esters is 1. The predicted octanol–water partition coefficient (Wildman–Crippen LogP) is 1.30. The summed E-state index contributed by atoms with van der Waals surface area (Å²) in [6.45, 7) is 10.6. The monoisotopic (exact) mass is 214 g/mol. The Morgan fingerprint density at radius 3 is 2.53 bits per heavy atom. The molecule has 86 valence electrons. The zero-order valence-electron chi connectivity index (χ0n) is 9.54. The van der Waals surface area contributed by atoms with Crippen molar-refractivity contribution in [1.29, 1.82) is 0 Å². The Morgan fingerprint density at radius 1 is 1.40 bits per heavy atom. The highest BCUT2D eigenvalue weighted by atomic mass is 16.6. The normalized spacial score (nSPS) is 22.2. The van der Waals surface area contributed by atoms with Crippen LogP contribution < -0.4 is 0 Å². The molecule has 0 amide bonds. The fourth-order valence-corrected chi connectivity index (χ4v) is 1.16. The number of ether oxygens (including phenoxy) is 3. The minimum atomic E-state index is -0.504. The van der Waals surface area contributed by atoms with E-state index in [1.165, 1.54) is 0 Å². The van der Waals surface area contributed by atoms with E-state index in [0.29, 0.717) is 25.4 Å². The maximum absolute atomic E-state index is 11.6. The summed E-state index contributed by atoms with van der Waals surface area (Å²) in [5, 5.41) is 0. The molecule has 1 atom stereocenters. The maximum Gasteiger partial charge on any atom is 0.336 e. The fourth-order valence-electron chi connectivity index (χ4n) is 1.16. The van der Waals surface area contributed by atoms with Crippen LogP contribution in [-0.2, 0) is 19.0 Å². The number of hydrogen-bond donors (Lipinski definition) is 0. The number of carbonyl (C=O) groups is 1. The molecule has 0 bridgehead atoms. The average molecular weight is 214 g/mol. The maximum atomic E-state index is 11.6. The molecule has 0 saturated carbocycles. The SMILES string of the molecule is C=C(C(=O)OC(C)(C)C)C1COCCO1. The Kier molecular flexibility index (Phi) is 3.88. The number of rotatable bonds is 2. The van der Waals surface area contributed by atoms with Crippen molar-refractivity contribution in [3.05, 3.63) is 12.2 Å². The van der Waals surface area contributed by atoms with Crippen molar-refractivity contribution in [3.63, 3.8) is 0 Å². The van der Waals surface area contributed by atoms with Gasteiger partial charge in [-0.05, 0) is 20.8 Å². The third-order valence-electron chi connectivity index (χ3n) is 1.87. The van der Waals surface area contributed by atoms with Crippen molar-refractivity contribution in [2.75, 3.05) is 19.8 Å². The lowest BCUT2D eigenvalue weighted by Gasteiger charge is -2.26. The van der Waals surface area contributed by atoms with E-state index in [0.717, 1.165) is 0 Å². The van der Waals surface area contributed by atoms with Gasteiger partial charge in [0.15, 0.2) is 0 Å². The topological polar surface area (TPSA) is 44.8 Å². The first-order chi connectivity index (χ1) is 6.90. The molecule has 4 nitrogen and oxygen atoms in total. The molecule has 0 aromatic carbocycles. The van der Waals surface area contributed by atoms with Gasteiger partial charge in [0, 0.05) is 0 Å². The first kappa shape index (κ1) is 12.2. The van der Waals surface area contributed by atoms with Gasteiger partial charge >= 0.3 is 5.97 Å². The molecular formula is C11H18O4. The number of hydrogen-bond acceptors (Lipinski definition) is 4. The summed E-state index contributed by atoms with van der Waals surface area (Å²) < 4.78 is 15.7. The largest absolute Gasteiger partial charge is 0.457 e. The molecule has 0 aromatic rings. The van der Waals surface area contributed by atoms with Crippen molar-refractivity contribution < 1.29 is 19.0 Å². The van der Waals surface area contributed by atoms with Crippen LogP contribution in [-0.4, -0.2) is 37.5 Å². The van der Waals surface area contributed by atoms with Crippen LogP contribution in [0.25, 0.3) is 0 Å². The van der Waals surface area contributed by atoms with Gasteiger partial charge in [-0.2, -0.15) is 0 Å². The first-order valence-corrected chi connectivity index (χ1v) is 5.01. The van der Waals surface area contributed by atoms with Crippen molar-refractivity contribution in [3.8, 4) is 0 Å². The third kappa shape index (κ3) is 4.01. The van der Waals surface area contributed by atoms with Crippen LogP contribution in [0.4, 0.5) is 0 Å². The molecule has 1 aliphatic rings. The molecule has 1 aliphatic heterocycles. The van der Waals surface area contributed by atoms with Crippen LogP contribution in [0.2, 0.25) is 0 Å². The minimum Gasteiger partial charge on any atom is -0.457 e. The van der Waals surface area contributed by atoms with E-state index in [1.807, 2.05) is 20.8 Å².